The van der Waals surface area contributed by atoms with Crippen molar-refractivity contribution < 1.29 is 9.90 Å². The zero-order chi connectivity index (χ0) is 16.5. The highest BCUT2D eigenvalue weighted by Crippen LogP contribution is 2.24. The first kappa shape index (κ1) is 14.3. The average Bonchev–Trinajstić information content (AvgIpc) is 3.21. The zero-order valence-electron chi connectivity index (χ0n) is 12.8. The summed E-state index contributed by atoms with van der Waals surface area (Å²) in [5, 5.41) is 17.5. The number of rotatable bonds is 4. The van der Waals surface area contributed by atoms with Crippen LogP contribution in [0.15, 0.2) is 60.7 Å². The Kier molecular flexibility index (Phi) is 3.39. The van der Waals surface area contributed by atoms with Gasteiger partial charge in [-0.1, -0.05) is 36.4 Å². The summed E-state index contributed by atoms with van der Waals surface area (Å²) in [6.07, 6.45) is 0.789. The van der Waals surface area contributed by atoms with Crippen LogP contribution in [0.4, 0.5) is 0 Å². The number of carboxylic acids is 1. The molecule has 4 rings (SSSR count). The molecule has 0 bridgehead atoms. The fourth-order valence-corrected chi connectivity index (χ4v) is 2.80. The van der Waals surface area contributed by atoms with Crippen molar-refractivity contribution in [1.29, 1.82) is 0 Å². The highest BCUT2D eigenvalue weighted by molar-refractivity contribution is 5.94. The summed E-state index contributed by atoms with van der Waals surface area (Å²) in [6, 6.07) is 19.2. The van der Waals surface area contributed by atoms with E-state index in [1.165, 1.54) is 5.56 Å². The summed E-state index contributed by atoms with van der Waals surface area (Å²) in [4.78, 5) is 14.3. The van der Waals surface area contributed by atoms with E-state index in [2.05, 4.69) is 27.3 Å². The van der Waals surface area contributed by atoms with Crippen LogP contribution in [0.1, 0.15) is 21.6 Å². The Morgan fingerprint density at radius 2 is 1.88 bits per heavy atom. The van der Waals surface area contributed by atoms with Gasteiger partial charge in [0.25, 0.3) is 0 Å². The SMILES string of the molecule is O=C(O)c1ccc2cc(-c3cc(Cc4ccccc4)[nH]n3)[nH]c2c1. The number of aromatic amines is 2. The van der Waals surface area contributed by atoms with Gasteiger partial charge in [-0.25, -0.2) is 4.79 Å². The van der Waals surface area contributed by atoms with Gasteiger partial charge in [-0.2, -0.15) is 5.10 Å². The number of nitrogens with one attached hydrogen (secondary N) is 2. The minimum atomic E-state index is -0.932. The van der Waals surface area contributed by atoms with E-state index in [1.54, 1.807) is 18.2 Å². The topological polar surface area (TPSA) is 81.8 Å². The van der Waals surface area contributed by atoms with Gasteiger partial charge in [0.1, 0.15) is 5.69 Å². The van der Waals surface area contributed by atoms with Gasteiger partial charge in [0, 0.05) is 23.0 Å². The number of aromatic nitrogens is 3. The Labute approximate surface area is 138 Å². The maximum absolute atomic E-state index is 11.1. The predicted molar refractivity (Wildman–Crippen MR) is 92.1 cm³/mol. The molecule has 24 heavy (non-hydrogen) atoms. The van der Waals surface area contributed by atoms with Crippen molar-refractivity contribution >= 4 is 16.9 Å². The molecule has 5 nitrogen and oxygen atoms in total. The van der Waals surface area contributed by atoms with E-state index in [9.17, 15) is 4.79 Å². The largest absolute Gasteiger partial charge is 0.478 e. The lowest BCUT2D eigenvalue weighted by molar-refractivity contribution is 0.0697. The normalized spacial score (nSPS) is 11.0. The average molecular weight is 317 g/mol. The lowest BCUT2D eigenvalue weighted by atomic mass is 10.1. The van der Waals surface area contributed by atoms with Crippen molar-refractivity contribution in [1.82, 2.24) is 15.2 Å². The predicted octanol–water partition coefficient (Wildman–Crippen LogP) is 3.85. The number of hydrogen-bond donors (Lipinski definition) is 3. The molecule has 118 valence electrons. The number of carbonyl (C=O) groups is 1. The van der Waals surface area contributed by atoms with Crippen LogP contribution in [0.3, 0.4) is 0 Å². The fourth-order valence-electron chi connectivity index (χ4n) is 2.80. The lowest BCUT2D eigenvalue weighted by Gasteiger charge is -1.96. The third kappa shape index (κ3) is 2.67. The smallest absolute Gasteiger partial charge is 0.335 e. The van der Waals surface area contributed by atoms with E-state index in [0.717, 1.165) is 34.4 Å². The zero-order valence-corrected chi connectivity index (χ0v) is 12.8. The first-order chi connectivity index (χ1) is 11.7. The Morgan fingerprint density at radius 1 is 1.04 bits per heavy atom. The van der Waals surface area contributed by atoms with Crippen LogP contribution in [0.25, 0.3) is 22.3 Å². The van der Waals surface area contributed by atoms with Crippen molar-refractivity contribution in [2.45, 2.75) is 6.42 Å². The molecule has 0 aliphatic rings. The van der Waals surface area contributed by atoms with Gasteiger partial charge in [0.2, 0.25) is 0 Å². The quantitative estimate of drug-likeness (QED) is 0.535. The van der Waals surface area contributed by atoms with Crippen LogP contribution in [-0.4, -0.2) is 26.3 Å². The van der Waals surface area contributed by atoms with Crippen molar-refractivity contribution in [3.8, 4) is 11.4 Å². The first-order valence-corrected chi connectivity index (χ1v) is 7.64. The fraction of sp³-hybridized carbons (Fsp3) is 0.0526. The van der Waals surface area contributed by atoms with E-state index in [1.807, 2.05) is 30.3 Å². The van der Waals surface area contributed by atoms with Crippen LogP contribution in [0.5, 0.6) is 0 Å². The van der Waals surface area contributed by atoms with Crippen LogP contribution >= 0.6 is 0 Å². The highest BCUT2D eigenvalue weighted by atomic mass is 16.4. The lowest BCUT2D eigenvalue weighted by Crippen LogP contribution is -1.94. The Balaban J connectivity index is 1.64. The minimum Gasteiger partial charge on any atom is -0.478 e. The summed E-state index contributed by atoms with van der Waals surface area (Å²) in [5.41, 5.74) is 4.98. The van der Waals surface area contributed by atoms with E-state index >= 15 is 0 Å². The number of carboxylic acid groups (broad SMARTS) is 1. The molecular formula is C19H15N3O2. The van der Waals surface area contributed by atoms with Gasteiger partial charge in [-0.15, -0.1) is 0 Å². The van der Waals surface area contributed by atoms with Crippen molar-refractivity contribution in [2.75, 3.05) is 0 Å². The molecule has 0 saturated carbocycles. The Morgan fingerprint density at radius 3 is 2.67 bits per heavy atom. The summed E-state index contributed by atoms with van der Waals surface area (Å²) in [5.74, 6) is -0.932. The molecule has 0 unspecified atom stereocenters. The highest BCUT2D eigenvalue weighted by Gasteiger charge is 2.10. The monoisotopic (exact) mass is 317 g/mol. The molecule has 0 atom stereocenters. The number of hydrogen-bond acceptors (Lipinski definition) is 2. The second-order valence-electron chi connectivity index (χ2n) is 5.73. The summed E-state index contributed by atoms with van der Waals surface area (Å²) in [6.45, 7) is 0. The van der Waals surface area contributed by atoms with E-state index in [-0.39, 0.29) is 5.56 Å². The molecule has 0 aliphatic carbocycles. The summed E-state index contributed by atoms with van der Waals surface area (Å²) in [7, 11) is 0. The Bertz CT molecular complexity index is 1020. The van der Waals surface area contributed by atoms with Gasteiger partial charge < -0.3 is 10.1 Å². The second-order valence-corrected chi connectivity index (χ2v) is 5.73. The van der Waals surface area contributed by atoms with Gasteiger partial charge in [-0.05, 0) is 29.8 Å². The van der Waals surface area contributed by atoms with Crippen LogP contribution in [0, 0.1) is 0 Å². The Hall–Kier alpha value is -3.34. The van der Waals surface area contributed by atoms with Gasteiger partial charge >= 0.3 is 5.97 Å². The summed E-state index contributed by atoms with van der Waals surface area (Å²) < 4.78 is 0. The molecule has 0 spiro atoms. The number of H-pyrrole nitrogens is 2. The molecule has 2 heterocycles. The second kappa shape index (κ2) is 5.70. The molecule has 3 N–H and O–H groups in total. The van der Waals surface area contributed by atoms with Gasteiger partial charge in [0.15, 0.2) is 0 Å². The van der Waals surface area contributed by atoms with Crippen LogP contribution in [0.2, 0.25) is 0 Å². The molecule has 0 aliphatic heterocycles. The maximum Gasteiger partial charge on any atom is 0.335 e. The molecule has 0 amide bonds. The van der Waals surface area contributed by atoms with Gasteiger partial charge in [-0.3, -0.25) is 5.10 Å². The molecule has 4 aromatic rings. The number of benzene rings is 2. The van der Waals surface area contributed by atoms with Crippen LogP contribution < -0.4 is 0 Å². The van der Waals surface area contributed by atoms with Crippen LogP contribution in [-0.2, 0) is 6.42 Å². The minimum absolute atomic E-state index is 0.266. The standard InChI is InChI=1S/C19H15N3O2/c23-19(24)14-7-6-13-9-17(20-16(13)10-14)18-11-15(21-22-18)8-12-4-2-1-3-5-12/h1-7,9-11,20H,8H2,(H,21,22)(H,23,24). The third-order valence-electron chi connectivity index (χ3n) is 4.01. The molecule has 0 saturated heterocycles. The summed E-state index contributed by atoms with van der Waals surface area (Å²) >= 11 is 0. The number of fused-ring (bicyclic) bond motifs is 1. The van der Waals surface area contributed by atoms with Gasteiger partial charge in [0.05, 0.1) is 11.3 Å². The molecule has 0 radical (unpaired) electrons. The van der Waals surface area contributed by atoms with E-state index < -0.39 is 5.97 Å². The van der Waals surface area contributed by atoms with Crippen molar-refractivity contribution in [3.05, 3.63) is 77.5 Å². The maximum atomic E-state index is 11.1. The van der Waals surface area contributed by atoms with E-state index in [0.29, 0.717) is 0 Å². The molecule has 2 aromatic carbocycles. The first-order valence-electron chi connectivity index (χ1n) is 7.64. The molecule has 0 fully saturated rings. The van der Waals surface area contributed by atoms with Crippen molar-refractivity contribution in [2.24, 2.45) is 0 Å². The van der Waals surface area contributed by atoms with E-state index in [4.69, 9.17) is 5.11 Å². The third-order valence-corrected chi connectivity index (χ3v) is 4.01. The molecular weight excluding hydrogens is 302 g/mol. The number of nitrogens with zero attached hydrogens (tertiary/aromatic N) is 1. The molecule has 2 aromatic heterocycles. The van der Waals surface area contributed by atoms with Crippen molar-refractivity contribution in [3.63, 3.8) is 0 Å². The number of aromatic carboxylic acids is 1. The molecule has 5 heteroatoms.